The van der Waals surface area contributed by atoms with Crippen LogP contribution in [0, 0.1) is 0 Å². The molecule has 0 unspecified atom stereocenters. The van der Waals surface area contributed by atoms with E-state index in [1.165, 1.54) is 4.31 Å². The van der Waals surface area contributed by atoms with Crippen LogP contribution in [0.5, 0.6) is 0 Å². The first kappa shape index (κ1) is 19.5. The lowest BCUT2D eigenvalue weighted by Gasteiger charge is -2.29. The number of carbonyl (C=O) groups excluding carboxylic acids is 1. The van der Waals surface area contributed by atoms with Gasteiger partial charge in [0.2, 0.25) is 15.9 Å². The summed E-state index contributed by atoms with van der Waals surface area (Å²) in [5.74, 6) is -0.137. The molecular formula is C16H22Cl2N2O3S. The zero-order valence-corrected chi connectivity index (χ0v) is 16.0. The molecule has 1 aromatic rings. The zero-order valence-electron chi connectivity index (χ0n) is 13.7. The Balaban J connectivity index is 2.02. The molecule has 1 aliphatic heterocycles. The molecule has 1 amide bonds. The number of halogens is 2. The summed E-state index contributed by atoms with van der Waals surface area (Å²) >= 11 is 12.0. The molecule has 0 aliphatic carbocycles. The smallest absolute Gasteiger partial charge is 0.237 e. The molecule has 1 aromatic carbocycles. The van der Waals surface area contributed by atoms with Crippen LogP contribution < -0.4 is 0 Å². The highest BCUT2D eigenvalue weighted by atomic mass is 35.5. The molecule has 8 heteroatoms. The minimum atomic E-state index is -3.47. The molecule has 24 heavy (non-hydrogen) atoms. The van der Waals surface area contributed by atoms with Gasteiger partial charge in [-0.15, -0.1) is 0 Å². The number of nitrogens with zero attached hydrogens (tertiary/aromatic N) is 2. The molecule has 2 rings (SSSR count). The van der Waals surface area contributed by atoms with Crippen molar-refractivity contribution in [1.82, 2.24) is 9.21 Å². The van der Waals surface area contributed by atoms with E-state index in [4.69, 9.17) is 23.2 Å². The third kappa shape index (κ3) is 5.62. The number of benzene rings is 1. The maximum atomic E-state index is 12.4. The van der Waals surface area contributed by atoms with Crippen molar-refractivity contribution < 1.29 is 13.2 Å². The van der Waals surface area contributed by atoms with Gasteiger partial charge in [0.25, 0.3) is 0 Å². The van der Waals surface area contributed by atoms with Crippen molar-refractivity contribution in [3.05, 3.63) is 33.8 Å². The lowest BCUT2D eigenvalue weighted by atomic mass is 10.1. The molecule has 0 aromatic heterocycles. The van der Waals surface area contributed by atoms with Gasteiger partial charge in [0.1, 0.15) is 0 Å². The fourth-order valence-corrected chi connectivity index (χ4v) is 4.00. The number of likely N-dealkylation sites (tertiary alicyclic amines) is 1. The molecule has 0 bridgehead atoms. The van der Waals surface area contributed by atoms with Crippen molar-refractivity contribution in [3.63, 3.8) is 0 Å². The average Bonchev–Trinajstić information content (AvgIpc) is 2.52. The highest BCUT2D eigenvalue weighted by molar-refractivity contribution is 7.88. The van der Waals surface area contributed by atoms with Gasteiger partial charge in [0.05, 0.1) is 12.8 Å². The van der Waals surface area contributed by atoms with Gasteiger partial charge in [0, 0.05) is 29.7 Å². The second kappa shape index (κ2) is 8.52. The maximum Gasteiger partial charge on any atom is 0.237 e. The molecule has 0 radical (unpaired) electrons. The Hall–Kier alpha value is -0.820. The van der Waals surface area contributed by atoms with Gasteiger partial charge in [-0.2, -0.15) is 4.31 Å². The number of rotatable bonds is 6. The first-order chi connectivity index (χ1) is 11.3. The number of hydrogen-bond acceptors (Lipinski definition) is 3. The minimum Gasteiger partial charge on any atom is -0.342 e. The highest BCUT2D eigenvalue weighted by Gasteiger charge is 2.24. The van der Waals surface area contributed by atoms with Gasteiger partial charge in [-0.1, -0.05) is 29.3 Å². The minimum absolute atomic E-state index is 0.121. The van der Waals surface area contributed by atoms with Crippen molar-refractivity contribution in [2.24, 2.45) is 0 Å². The summed E-state index contributed by atoms with van der Waals surface area (Å²) in [7, 11) is -3.47. The van der Waals surface area contributed by atoms with E-state index >= 15 is 0 Å². The molecule has 1 fully saturated rings. The number of piperidine rings is 1. The standard InChI is InChI=1S/C16H22Cl2N2O3S/c1-24(22,23)20(12-16(21)19-8-3-2-4-9-19)10-7-13-5-6-14(17)11-15(13)18/h5-6,11H,2-4,7-10,12H2,1H3. The topological polar surface area (TPSA) is 57.7 Å². The lowest BCUT2D eigenvalue weighted by Crippen LogP contribution is -2.45. The van der Waals surface area contributed by atoms with Crippen LogP contribution in [0.4, 0.5) is 0 Å². The molecule has 1 aliphatic rings. The van der Waals surface area contributed by atoms with Gasteiger partial charge < -0.3 is 4.90 Å². The predicted octanol–water partition coefficient (Wildman–Crippen LogP) is 2.81. The van der Waals surface area contributed by atoms with Crippen LogP contribution >= 0.6 is 23.2 Å². The Morgan fingerprint density at radius 2 is 1.88 bits per heavy atom. The first-order valence-corrected chi connectivity index (χ1v) is 10.5. The van der Waals surface area contributed by atoms with Crippen molar-refractivity contribution in [2.45, 2.75) is 25.7 Å². The first-order valence-electron chi connectivity index (χ1n) is 7.94. The van der Waals surface area contributed by atoms with E-state index < -0.39 is 10.0 Å². The monoisotopic (exact) mass is 392 g/mol. The number of amides is 1. The number of carbonyl (C=O) groups is 1. The second-order valence-electron chi connectivity index (χ2n) is 6.02. The SMILES string of the molecule is CS(=O)(=O)N(CCc1ccc(Cl)cc1Cl)CC(=O)N1CCCCC1. The third-order valence-corrected chi connectivity index (χ3v) is 5.97. The summed E-state index contributed by atoms with van der Waals surface area (Å²) < 4.78 is 25.2. The van der Waals surface area contributed by atoms with Crippen molar-refractivity contribution in [2.75, 3.05) is 32.4 Å². The van der Waals surface area contributed by atoms with E-state index in [1.54, 1.807) is 23.1 Å². The van der Waals surface area contributed by atoms with Crippen molar-refractivity contribution in [3.8, 4) is 0 Å². The van der Waals surface area contributed by atoms with Crippen LogP contribution in [-0.2, 0) is 21.2 Å². The average molecular weight is 393 g/mol. The second-order valence-corrected chi connectivity index (χ2v) is 8.85. The molecule has 5 nitrogen and oxygen atoms in total. The Morgan fingerprint density at radius 1 is 1.21 bits per heavy atom. The fourth-order valence-electron chi connectivity index (χ4n) is 2.73. The summed E-state index contributed by atoms with van der Waals surface area (Å²) in [6.45, 7) is 1.50. The summed E-state index contributed by atoms with van der Waals surface area (Å²) in [5, 5.41) is 1.03. The Morgan fingerprint density at radius 3 is 2.46 bits per heavy atom. The summed E-state index contributed by atoms with van der Waals surface area (Å²) in [5.41, 5.74) is 0.806. The van der Waals surface area contributed by atoms with Crippen LogP contribution in [0.3, 0.4) is 0 Å². The quantitative estimate of drug-likeness (QED) is 0.747. The molecule has 1 heterocycles. The molecule has 134 valence electrons. The van der Waals surface area contributed by atoms with Gasteiger partial charge >= 0.3 is 0 Å². The Bertz CT molecular complexity index is 689. The number of sulfonamides is 1. The van der Waals surface area contributed by atoms with Crippen LogP contribution in [0.1, 0.15) is 24.8 Å². The van der Waals surface area contributed by atoms with E-state index in [0.29, 0.717) is 29.6 Å². The highest BCUT2D eigenvalue weighted by Crippen LogP contribution is 2.22. The van der Waals surface area contributed by atoms with E-state index in [-0.39, 0.29) is 19.0 Å². The third-order valence-electron chi connectivity index (χ3n) is 4.14. The maximum absolute atomic E-state index is 12.4. The summed E-state index contributed by atoms with van der Waals surface area (Å²) in [6, 6.07) is 5.12. The predicted molar refractivity (Wildman–Crippen MR) is 97.0 cm³/mol. The van der Waals surface area contributed by atoms with E-state index in [2.05, 4.69) is 0 Å². The normalized spacial score (nSPS) is 15.8. The van der Waals surface area contributed by atoms with Gasteiger partial charge in [-0.25, -0.2) is 8.42 Å². The van der Waals surface area contributed by atoms with Gasteiger partial charge in [-0.05, 0) is 43.4 Å². The summed E-state index contributed by atoms with van der Waals surface area (Å²) in [4.78, 5) is 14.1. The van der Waals surface area contributed by atoms with Crippen LogP contribution in [0.15, 0.2) is 18.2 Å². The van der Waals surface area contributed by atoms with E-state index in [9.17, 15) is 13.2 Å². The summed E-state index contributed by atoms with van der Waals surface area (Å²) in [6.07, 6.45) is 4.63. The molecule has 0 spiro atoms. The van der Waals surface area contributed by atoms with Crippen LogP contribution in [-0.4, -0.2) is 56.0 Å². The zero-order chi connectivity index (χ0) is 17.7. The Labute approximate surface area is 153 Å². The van der Waals surface area contributed by atoms with Crippen molar-refractivity contribution >= 4 is 39.1 Å². The fraction of sp³-hybridized carbons (Fsp3) is 0.562. The Kier molecular flexibility index (Phi) is 6.92. The van der Waals surface area contributed by atoms with Crippen LogP contribution in [0.25, 0.3) is 0 Å². The number of hydrogen-bond donors (Lipinski definition) is 0. The van der Waals surface area contributed by atoms with Crippen molar-refractivity contribution in [1.29, 1.82) is 0 Å². The molecular weight excluding hydrogens is 371 g/mol. The molecule has 0 N–H and O–H groups in total. The molecule has 0 atom stereocenters. The van der Waals surface area contributed by atoms with E-state index in [0.717, 1.165) is 31.1 Å². The molecule has 0 saturated carbocycles. The molecule has 1 saturated heterocycles. The van der Waals surface area contributed by atoms with Crippen LogP contribution in [0.2, 0.25) is 10.0 Å². The largest absolute Gasteiger partial charge is 0.342 e. The van der Waals surface area contributed by atoms with Gasteiger partial charge in [0.15, 0.2) is 0 Å². The van der Waals surface area contributed by atoms with Gasteiger partial charge in [-0.3, -0.25) is 4.79 Å². The van der Waals surface area contributed by atoms with E-state index in [1.807, 2.05) is 0 Å². The lowest BCUT2D eigenvalue weighted by molar-refractivity contribution is -0.132.